The number of rotatable bonds is 7. The third-order valence-electron chi connectivity index (χ3n) is 4.72. The molecule has 1 aromatic heterocycles. The Morgan fingerprint density at radius 3 is 2.34 bits per heavy atom. The van der Waals surface area contributed by atoms with Gasteiger partial charge in [0.15, 0.2) is 11.0 Å². The van der Waals surface area contributed by atoms with Crippen molar-refractivity contribution in [2.24, 2.45) is 5.10 Å². The lowest BCUT2D eigenvalue weighted by Gasteiger charge is -2.10. The van der Waals surface area contributed by atoms with Gasteiger partial charge in [0.25, 0.3) is 5.91 Å². The van der Waals surface area contributed by atoms with Crippen LogP contribution in [0.5, 0.6) is 0 Å². The van der Waals surface area contributed by atoms with Crippen LogP contribution < -0.4 is 5.43 Å². The van der Waals surface area contributed by atoms with Crippen molar-refractivity contribution in [3.63, 3.8) is 0 Å². The Kier molecular flexibility index (Phi) is 7.67. The van der Waals surface area contributed by atoms with Crippen molar-refractivity contribution in [1.29, 1.82) is 0 Å². The maximum absolute atomic E-state index is 12.6. The number of carbonyl (C=O) groups excluding carboxylic acids is 1. The molecule has 0 saturated heterocycles. The van der Waals surface area contributed by atoms with Crippen molar-refractivity contribution in [2.45, 2.75) is 11.3 Å². The number of benzene rings is 3. The second-order valence-corrected chi connectivity index (χ2v) is 9.04. The lowest BCUT2D eigenvalue weighted by molar-refractivity contribution is -0.137. The molecule has 1 heterocycles. The number of thioether (sulfide) groups is 1. The van der Waals surface area contributed by atoms with Crippen LogP contribution in [0.4, 0.5) is 13.2 Å². The van der Waals surface area contributed by atoms with E-state index in [4.69, 9.17) is 0 Å². The number of hydrogen-bond acceptors (Lipinski definition) is 5. The molecule has 0 fully saturated rings. The Labute approximate surface area is 211 Å². The van der Waals surface area contributed by atoms with E-state index in [0.717, 1.165) is 27.9 Å². The monoisotopic (exact) mass is 559 g/mol. The third-order valence-corrected chi connectivity index (χ3v) is 6.18. The fourth-order valence-corrected chi connectivity index (χ4v) is 4.07. The summed E-state index contributed by atoms with van der Waals surface area (Å²) in [6.07, 6.45) is -3.13. The van der Waals surface area contributed by atoms with Crippen LogP contribution in [0.2, 0.25) is 0 Å². The first-order valence-corrected chi connectivity index (χ1v) is 12.0. The molecular formula is C24H17BrF3N5OS. The number of hydrazone groups is 1. The van der Waals surface area contributed by atoms with Gasteiger partial charge in [-0.15, -0.1) is 10.2 Å². The Hall–Kier alpha value is -3.44. The topological polar surface area (TPSA) is 72.2 Å². The first-order chi connectivity index (χ1) is 16.8. The van der Waals surface area contributed by atoms with E-state index < -0.39 is 17.6 Å². The summed E-state index contributed by atoms with van der Waals surface area (Å²) in [5, 5.41) is 12.9. The smallest absolute Gasteiger partial charge is 0.272 e. The summed E-state index contributed by atoms with van der Waals surface area (Å²) >= 11 is 4.62. The van der Waals surface area contributed by atoms with Crippen LogP contribution >= 0.6 is 27.7 Å². The number of halogens is 4. The molecule has 0 aliphatic rings. The molecule has 0 aliphatic heterocycles. The van der Waals surface area contributed by atoms with Gasteiger partial charge in [-0.25, -0.2) is 5.43 Å². The van der Waals surface area contributed by atoms with Crippen LogP contribution in [-0.2, 0) is 11.0 Å². The first kappa shape index (κ1) is 24.7. The highest BCUT2D eigenvalue weighted by Gasteiger charge is 2.29. The van der Waals surface area contributed by atoms with E-state index in [1.54, 1.807) is 0 Å². The molecule has 3 aromatic carbocycles. The second kappa shape index (κ2) is 10.9. The van der Waals surface area contributed by atoms with E-state index >= 15 is 0 Å². The molecule has 35 heavy (non-hydrogen) atoms. The molecule has 0 spiro atoms. The lowest BCUT2D eigenvalue weighted by atomic mass is 10.1. The quantitative estimate of drug-likeness (QED) is 0.172. The predicted octanol–water partition coefficient (Wildman–Crippen LogP) is 5.96. The zero-order chi connectivity index (χ0) is 24.8. The Balaban J connectivity index is 1.44. The SMILES string of the molecule is O=C(CSc1nnc(-c2ccccc2)n1-c1ccc(Br)cc1)NN=Cc1ccc(C(F)(F)F)cc1. The van der Waals surface area contributed by atoms with Gasteiger partial charge in [0.2, 0.25) is 0 Å². The van der Waals surface area contributed by atoms with Crippen LogP contribution in [0.25, 0.3) is 17.1 Å². The van der Waals surface area contributed by atoms with Gasteiger partial charge in [0.1, 0.15) is 0 Å². The minimum atomic E-state index is -4.40. The number of alkyl halides is 3. The second-order valence-electron chi connectivity index (χ2n) is 7.19. The van der Waals surface area contributed by atoms with Crippen LogP contribution in [0.15, 0.2) is 93.6 Å². The highest BCUT2D eigenvalue weighted by Crippen LogP contribution is 2.29. The summed E-state index contributed by atoms with van der Waals surface area (Å²) in [6, 6.07) is 21.7. The highest BCUT2D eigenvalue weighted by molar-refractivity contribution is 9.10. The average Bonchev–Trinajstić information content (AvgIpc) is 3.27. The zero-order valence-electron chi connectivity index (χ0n) is 17.9. The summed E-state index contributed by atoms with van der Waals surface area (Å²) < 4.78 is 40.7. The van der Waals surface area contributed by atoms with Gasteiger partial charge in [-0.05, 0) is 42.0 Å². The summed E-state index contributed by atoms with van der Waals surface area (Å²) in [5.74, 6) is 0.245. The normalized spacial score (nSPS) is 11.7. The molecule has 0 bridgehead atoms. The fraction of sp³-hybridized carbons (Fsp3) is 0.0833. The largest absolute Gasteiger partial charge is 0.416 e. The van der Waals surface area contributed by atoms with Crippen LogP contribution in [-0.4, -0.2) is 32.6 Å². The molecule has 1 N–H and O–H groups in total. The standard InChI is InChI=1S/C24H17BrF3N5OS/c25-19-10-12-20(13-11-19)33-22(17-4-2-1-3-5-17)31-32-23(33)35-15-21(34)30-29-14-16-6-8-18(9-7-16)24(26,27)28/h1-14H,15H2,(H,30,34). The molecule has 11 heteroatoms. The molecule has 0 saturated carbocycles. The molecule has 1 amide bonds. The van der Waals surface area contributed by atoms with Gasteiger partial charge >= 0.3 is 6.18 Å². The van der Waals surface area contributed by atoms with Gasteiger partial charge in [-0.1, -0.05) is 70.2 Å². The van der Waals surface area contributed by atoms with Crippen LogP contribution in [0.3, 0.4) is 0 Å². The molecule has 6 nitrogen and oxygen atoms in total. The maximum atomic E-state index is 12.6. The Morgan fingerprint density at radius 2 is 1.69 bits per heavy atom. The molecule has 0 radical (unpaired) electrons. The van der Waals surface area contributed by atoms with Crippen LogP contribution in [0, 0.1) is 0 Å². The van der Waals surface area contributed by atoms with E-state index in [-0.39, 0.29) is 5.75 Å². The van der Waals surface area contributed by atoms with Crippen molar-refractivity contribution < 1.29 is 18.0 Å². The van der Waals surface area contributed by atoms with Gasteiger partial charge in [-0.3, -0.25) is 9.36 Å². The van der Waals surface area contributed by atoms with Gasteiger partial charge in [-0.2, -0.15) is 18.3 Å². The minimum Gasteiger partial charge on any atom is -0.272 e. The summed E-state index contributed by atoms with van der Waals surface area (Å²) in [7, 11) is 0. The molecule has 0 unspecified atom stereocenters. The average molecular weight is 560 g/mol. The van der Waals surface area contributed by atoms with Gasteiger partial charge < -0.3 is 0 Å². The number of amides is 1. The Morgan fingerprint density at radius 1 is 1.00 bits per heavy atom. The number of hydrogen-bond donors (Lipinski definition) is 1. The molecule has 4 aromatic rings. The molecule has 0 aliphatic carbocycles. The molecule has 178 valence electrons. The van der Waals surface area contributed by atoms with Crippen LogP contribution in [0.1, 0.15) is 11.1 Å². The molecule has 4 rings (SSSR count). The fourth-order valence-electron chi connectivity index (χ4n) is 3.06. The number of aromatic nitrogens is 3. The van der Waals surface area contributed by atoms with E-state index in [1.807, 2.05) is 59.2 Å². The Bertz CT molecular complexity index is 1320. The number of nitrogens with one attached hydrogen (secondary N) is 1. The molecule has 0 atom stereocenters. The summed E-state index contributed by atoms with van der Waals surface area (Å²) in [5.41, 5.74) is 3.76. The van der Waals surface area contributed by atoms with Crippen molar-refractivity contribution >= 4 is 39.8 Å². The third kappa shape index (κ3) is 6.37. The van der Waals surface area contributed by atoms with Crippen molar-refractivity contribution in [2.75, 3.05) is 5.75 Å². The van der Waals surface area contributed by atoms with Crippen molar-refractivity contribution in [3.8, 4) is 17.1 Å². The predicted molar refractivity (Wildman–Crippen MR) is 132 cm³/mol. The molecular weight excluding hydrogens is 543 g/mol. The first-order valence-electron chi connectivity index (χ1n) is 10.2. The lowest BCUT2D eigenvalue weighted by Crippen LogP contribution is -2.20. The zero-order valence-corrected chi connectivity index (χ0v) is 20.3. The number of nitrogens with zero attached hydrogens (tertiary/aromatic N) is 4. The van der Waals surface area contributed by atoms with E-state index in [1.165, 1.54) is 30.1 Å². The van der Waals surface area contributed by atoms with E-state index in [0.29, 0.717) is 16.5 Å². The van der Waals surface area contributed by atoms with Gasteiger partial charge in [0.05, 0.1) is 17.5 Å². The maximum Gasteiger partial charge on any atom is 0.416 e. The van der Waals surface area contributed by atoms with Crippen molar-refractivity contribution in [3.05, 3.63) is 94.5 Å². The van der Waals surface area contributed by atoms with Gasteiger partial charge in [0, 0.05) is 15.7 Å². The van der Waals surface area contributed by atoms with E-state index in [2.05, 4.69) is 36.7 Å². The van der Waals surface area contributed by atoms with Crippen molar-refractivity contribution in [1.82, 2.24) is 20.2 Å². The minimum absolute atomic E-state index is 0.00774. The van der Waals surface area contributed by atoms with E-state index in [9.17, 15) is 18.0 Å². The highest BCUT2D eigenvalue weighted by atomic mass is 79.9. The summed E-state index contributed by atoms with van der Waals surface area (Å²) in [4.78, 5) is 12.3. The summed E-state index contributed by atoms with van der Waals surface area (Å²) in [6.45, 7) is 0. The number of carbonyl (C=O) groups is 1.